The van der Waals surface area contributed by atoms with Crippen molar-refractivity contribution in [1.29, 1.82) is 0 Å². The van der Waals surface area contributed by atoms with Crippen LogP contribution >= 0.6 is 11.3 Å². The van der Waals surface area contributed by atoms with Crippen molar-refractivity contribution in [3.05, 3.63) is 64.3 Å². The zero-order chi connectivity index (χ0) is 30.9. The summed E-state index contributed by atoms with van der Waals surface area (Å²) in [6.07, 6.45) is -6.64. The number of aromatic nitrogens is 3. The first-order chi connectivity index (χ1) is 18.9. The largest absolute Gasteiger partial charge is 0.477 e. The van der Waals surface area contributed by atoms with Gasteiger partial charge in [0, 0.05) is 16.1 Å². The average Bonchev–Trinajstić information content (AvgIpc) is 3.46. The molecule has 5 N–H and O–H groups in total. The van der Waals surface area contributed by atoms with Crippen LogP contribution in [0.1, 0.15) is 46.8 Å². The first-order valence-electron chi connectivity index (χ1n) is 11.4. The molecule has 0 radical (unpaired) electrons. The molecule has 0 aliphatic heterocycles. The number of benzene rings is 1. The summed E-state index contributed by atoms with van der Waals surface area (Å²) in [5.41, 5.74) is 3.00. The summed E-state index contributed by atoms with van der Waals surface area (Å²) < 4.78 is 91.4. The second-order valence-electron chi connectivity index (χ2n) is 9.27. The molecular formula is C24H24F5N5O5S2. The molecule has 0 saturated heterocycles. The number of sulfonamides is 1. The summed E-state index contributed by atoms with van der Waals surface area (Å²) in [7, 11) is -3.60. The summed E-state index contributed by atoms with van der Waals surface area (Å²) >= 11 is 1.12. The van der Waals surface area contributed by atoms with Crippen molar-refractivity contribution in [2.45, 2.75) is 43.1 Å². The zero-order valence-corrected chi connectivity index (χ0v) is 23.2. The van der Waals surface area contributed by atoms with Crippen molar-refractivity contribution in [2.24, 2.45) is 0 Å². The van der Waals surface area contributed by atoms with E-state index in [4.69, 9.17) is 15.9 Å². The van der Waals surface area contributed by atoms with Gasteiger partial charge in [0.25, 0.3) is 16.4 Å². The molecule has 4 aromatic rings. The number of nitrogens with one attached hydrogen (secondary N) is 1. The Morgan fingerprint density at radius 3 is 2.24 bits per heavy atom. The van der Waals surface area contributed by atoms with Gasteiger partial charge in [-0.1, -0.05) is 12.1 Å². The van der Waals surface area contributed by atoms with Crippen LogP contribution in [0.4, 0.5) is 27.6 Å². The molecule has 3 heterocycles. The molecule has 0 unspecified atom stereocenters. The fourth-order valence-corrected chi connectivity index (χ4v) is 6.09. The van der Waals surface area contributed by atoms with E-state index in [9.17, 15) is 35.2 Å². The van der Waals surface area contributed by atoms with E-state index in [1.54, 1.807) is 20.8 Å². The molecule has 0 amide bonds. The van der Waals surface area contributed by atoms with Crippen LogP contribution < -0.4 is 10.5 Å². The normalized spacial score (nSPS) is 12.4. The molecule has 0 fully saturated rings. The second kappa shape index (κ2) is 11.7. The highest BCUT2D eigenvalue weighted by Gasteiger charge is 2.30. The molecular weight excluding hydrogens is 597 g/mol. The molecule has 0 spiro atoms. The predicted molar refractivity (Wildman–Crippen MR) is 140 cm³/mol. The lowest BCUT2D eigenvalue weighted by Gasteiger charge is -2.22. The number of anilines is 1. The third-order valence-corrected chi connectivity index (χ3v) is 8.70. The molecule has 0 bridgehead atoms. The molecule has 0 saturated carbocycles. The van der Waals surface area contributed by atoms with Crippen LogP contribution in [0.15, 0.2) is 46.8 Å². The Bertz CT molecular complexity index is 1650. The maximum absolute atomic E-state index is 13.2. The quantitative estimate of drug-likeness (QED) is 0.215. The minimum Gasteiger partial charge on any atom is -0.477 e. The highest BCUT2D eigenvalue weighted by Crippen LogP contribution is 2.32. The summed E-state index contributed by atoms with van der Waals surface area (Å²) in [5.74, 6) is -1.41. The van der Waals surface area contributed by atoms with Gasteiger partial charge in [-0.25, -0.2) is 36.2 Å². The minimum absolute atomic E-state index is 0.0838. The van der Waals surface area contributed by atoms with E-state index in [0.717, 1.165) is 52.7 Å². The van der Waals surface area contributed by atoms with Gasteiger partial charge in [-0.15, -0.1) is 11.3 Å². The van der Waals surface area contributed by atoms with Crippen LogP contribution in [-0.2, 0) is 16.2 Å². The number of thiophene rings is 1. The van der Waals surface area contributed by atoms with E-state index in [1.165, 1.54) is 6.07 Å². The van der Waals surface area contributed by atoms with Crippen LogP contribution in [-0.4, -0.2) is 51.3 Å². The smallest absolute Gasteiger partial charge is 0.416 e. The molecule has 0 aliphatic carbocycles. The number of hydrogen-bond donors (Lipinski definition) is 4. The first kappa shape index (κ1) is 31.9. The molecule has 0 aliphatic rings. The molecule has 0 atom stereocenters. The Balaban J connectivity index is 0.000000250. The van der Waals surface area contributed by atoms with Crippen molar-refractivity contribution in [3.8, 4) is 11.3 Å². The van der Waals surface area contributed by atoms with Crippen LogP contribution in [0, 0.1) is 6.92 Å². The van der Waals surface area contributed by atoms with E-state index in [2.05, 4.69) is 14.8 Å². The van der Waals surface area contributed by atoms with Gasteiger partial charge in [-0.05, 0) is 45.0 Å². The van der Waals surface area contributed by atoms with E-state index >= 15 is 0 Å². The Hall–Kier alpha value is -3.67. The number of aryl methyl sites for hydroxylation is 1. The number of hydrogen-bond acceptors (Lipinski definition) is 8. The van der Waals surface area contributed by atoms with E-state index < -0.39 is 51.0 Å². The van der Waals surface area contributed by atoms with Gasteiger partial charge >= 0.3 is 12.1 Å². The summed E-state index contributed by atoms with van der Waals surface area (Å²) in [6.45, 7) is 4.70. The molecule has 1 aromatic carbocycles. The number of rotatable bonds is 7. The molecule has 10 nitrogen and oxygen atoms in total. The maximum Gasteiger partial charge on any atom is 0.416 e. The van der Waals surface area contributed by atoms with Gasteiger partial charge in [0.2, 0.25) is 0 Å². The van der Waals surface area contributed by atoms with Crippen LogP contribution in [0.2, 0.25) is 0 Å². The molecule has 41 heavy (non-hydrogen) atoms. The molecule has 222 valence electrons. The number of aromatic carboxylic acids is 1. The van der Waals surface area contributed by atoms with Crippen LogP contribution in [0.3, 0.4) is 0 Å². The number of alkyl halides is 5. The topological polar surface area (TPSA) is 160 Å². The number of aliphatic hydroxyl groups is 1. The number of fused-ring (bicyclic) bond motifs is 1. The third-order valence-electron chi connectivity index (χ3n) is 5.47. The fourth-order valence-electron chi connectivity index (χ4n) is 3.32. The predicted octanol–water partition coefficient (Wildman–Crippen LogP) is 4.74. The van der Waals surface area contributed by atoms with Crippen molar-refractivity contribution in [3.63, 3.8) is 0 Å². The van der Waals surface area contributed by atoms with Gasteiger partial charge in [-0.3, -0.25) is 0 Å². The van der Waals surface area contributed by atoms with Crippen molar-refractivity contribution in [2.75, 3.05) is 12.3 Å². The minimum atomic E-state index is -4.54. The number of aliphatic hydroxyl groups excluding tert-OH is 1. The lowest BCUT2D eigenvalue weighted by atomic mass is 10.1. The van der Waals surface area contributed by atoms with Gasteiger partial charge in [0.1, 0.15) is 15.5 Å². The number of carboxylic acids is 1. The highest BCUT2D eigenvalue weighted by atomic mass is 32.2. The fraction of sp³-hybridized carbons (Fsp3) is 0.292. The summed E-state index contributed by atoms with van der Waals surface area (Å²) in [6, 6.07) is 6.12. The standard InChI is InChI=1S/C15H8F5N3O2.C9H16N2O3S2/c16-12(17)11-5-10(7-1-3-8(4-2-7)15(18,19)20)22-13-9(14(24)25)6-21-23(11)13;1-6-7(10)4-8(15-6)16(13,14)11-9(2,3)5-12/h1-6,12H,(H,24,25);4,11-12H,5,10H2,1-3H3. The van der Waals surface area contributed by atoms with Gasteiger partial charge in [0.05, 0.1) is 29.6 Å². The number of halogens is 5. The number of carbonyl (C=O) groups is 1. The maximum atomic E-state index is 13.2. The van der Waals surface area contributed by atoms with E-state index in [-0.39, 0.29) is 27.7 Å². The van der Waals surface area contributed by atoms with Crippen molar-refractivity contribution in [1.82, 2.24) is 19.3 Å². The summed E-state index contributed by atoms with van der Waals surface area (Å²) in [4.78, 5) is 15.9. The Morgan fingerprint density at radius 2 is 1.78 bits per heavy atom. The second-order valence-corrected chi connectivity index (χ2v) is 12.4. The number of nitrogen functional groups attached to an aromatic ring is 1. The van der Waals surface area contributed by atoms with Crippen molar-refractivity contribution < 1.29 is 45.4 Å². The van der Waals surface area contributed by atoms with Crippen molar-refractivity contribution >= 4 is 38.7 Å². The lowest BCUT2D eigenvalue weighted by Crippen LogP contribution is -2.45. The Kier molecular flexibility index (Phi) is 9.07. The van der Waals surface area contributed by atoms with Crippen LogP contribution in [0.25, 0.3) is 16.9 Å². The number of nitrogens with zero attached hydrogens (tertiary/aromatic N) is 3. The number of nitrogens with two attached hydrogens (primary N) is 1. The highest BCUT2D eigenvalue weighted by molar-refractivity contribution is 7.91. The Labute approximate surface area is 234 Å². The Morgan fingerprint density at radius 1 is 1.17 bits per heavy atom. The van der Waals surface area contributed by atoms with Gasteiger partial charge in [0.15, 0.2) is 5.65 Å². The lowest BCUT2D eigenvalue weighted by molar-refractivity contribution is -0.137. The van der Waals surface area contributed by atoms with E-state index in [0.29, 0.717) is 10.2 Å². The first-order valence-corrected chi connectivity index (χ1v) is 13.7. The monoisotopic (exact) mass is 621 g/mol. The molecule has 4 rings (SSSR count). The third kappa shape index (κ3) is 7.35. The zero-order valence-electron chi connectivity index (χ0n) is 21.6. The SMILES string of the molecule is Cc1sc(S(=O)(=O)NC(C)(C)CO)cc1N.O=C(O)c1cnn2c(C(F)F)cc(-c3ccc(C(F)(F)F)cc3)nc12. The van der Waals surface area contributed by atoms with Gasteiger partial charge < -0.3 is 15.9 Å². The van der Waals surface area contributed by atoms with E-state index in [1.807, 2.05) is 0 Å². The molecule has 17 heteroatoms. The number of carboxylic acid groups (broad SMARTS) is 1. The summed E-state index contributed by atoms with van der Waals surface area (Å²) in [5, 5.41) is 21.7. The van der Waals surface area contributed by atoms with Gasteiger partial charge in [-0.2, -0.15) is 18.3 Å². The average molecular weight is 622 g/mol. The molecule has 3 aromatic heterocycles. The van der Waals surface area contributed by atoms with Crippen LogP contribution in [0.5, 0.6) is 0 Å².